The van der Waals surface area contributed by atoms with Crippen molar-refractivity contribution in [1.82, 2.24) is 14.9 Å². The van der Waals surface area contributed by atoms with E-state index in [1.807, 2.05) is 17.0 Å². The molecule has 1 amide bonds. The van der Waals surface area contributed by atoms with Crippen LogP contribution in [0.15, 0.2) is 28.2 Å². The average Bonchev–Trinajstić information content (AvgIpc) is 3.04. The molecule has 0 radical (unpaired) electrons. The first-order valence-corrected chi connectivity index (χ1v) is 8.94. The molecule has 0 atom stereocenters. The molecule has 0 aliphatic carbocycles. The minimum atomic E-state index is -0.00739. The summed E-state index contributed by atoms with van der Waals surface area (Å²) in [4.78, 5) is 25.3. The minimum Gasteiger partial charge on any atom is -0.378 e. The van der Waals surface area contributed by atoms with Gasteiger partial charge in [0.05, 0.1) is 6.61 Å². The van der Waals surface area contributed by atoms with Crippen LogP contribution in [0.25, 0.3) is 0 Å². The summed E-state index contributed by atoms with van der Waals surface area (Å²) in [5.74, 6) is 0.934. The monoisotopic (exact) mass is 396 g/mol. The molecule has 0 bridgehead atoms. The van der Waals surface area contributed by atoms with Gasteiger partial charge in [0, 0.05) is 49.3 Å². The molecule has 0 saturated carbocycles. The Morgan fingerprint density at radius 1 is 1.35 bits per heavy atom. The van der Waals surface area contributed by atoms with Crippen molar-refractivity contribution in [2.24, 2.45) is 0 Å². The highest BCUT2D eigenvalue weighted by Gasteiger charge is 2.24. The molecule has 122 valence electrons. The highest BCUT2D eigenvalue weighted by Crippen LogP contribution is 2.18. The lowest BCUT2D eigenvalue weighted by molar-refractivity contribution is 0.0740. The van der Waals surface area contributed by atoms with Gasteiger partial charge in [-0.25, -0.2) is 9.97 Å². The van der Waals surface area contributed by atoms with E-state index < -0.39 is 0 Å². The van der Waals surface area contributed by atoms with Gasteiger partial charge in [0.15, 0.2) is 0 Å². The van der Waals surface area contributed by atoms with E-state index in [2.05, 4.69) is 30.8 Å². The van der Waals surface area contributed by atoms with E-state index in [1.54, 1.807) is 18.7 Å². The van der Waals surface area contributed by atoms with Crippen molar-refractivity contribution >= 4 is 39.0 Å². The third-order valence-corrected chi connectivity index (χ3v) is 4.93. The number of methoxy groups -OCH3 is 1. The fourth-order valence-corrected chi connectivity index (χ4v) is 3.43. The van der Waals surface area contributed by atoms with Crippen LogP contribution in [-0.2, 0) is 11.3 Å². The van der Waals surface area contributed by atoms with Crippen molar-refractivity contribution < 1.29 is 9.53 Å². The van der Waals surface area contributed by atoms with Gasteiger partial charge in [0.1, 0.15) is 16.5 Å². The van der Waals surface area contributed by atoms with Crippen molar-refractivity contribution in [1.29, 1.82) is 0 Å². The molecular weight excluding hydrogens is 380 g/mol. The van der Waals surface area contributed by atoms with Gasteiger partial charge < -0.3 is 14.5 Å². The van der Waals surface area contributed by atoms with Crippen LogP contribution in [0.4, 0.5) is 5.82 Å². The van der Waals surface area contributed by atoms with Gasteiger partial charge >= 0.3 is 0 Å². The van der Waals surface area contributed by atoms with E-state index in [0.717, 1.165) is 28.4 Å². The maximum absolute atomic E-state index is 12.5. The lowest BCUT2D eigenvalue weighted by Crippen LogP contribution is -2.49. The first kappa shape index (κ1) is 16.4. The number of hydrogen-bond acceptors (Lipinski definition) is 6. The zero-order chi connectivity index (χ0) is 16.2. The van der Waals surface area contributed by atoms with E-state index in [9.17, 15) is 4.79 Å². The first-order valence-electron chi connectivity index (χ1n) is 7.26. The maximum Gasteiger partial charge on any atom is 0.273 e. The van der Waals surface area contributed by atoms with Crippen molar-refractivity contribution in [2.45, 2.75) is 6.61 Å². The van der Waals surface area contributed by atoms with Crippen LogP contribution in [0.3, 0.4) is 0 Å². The third kappa shape index (κ3) is 3.88. The summed E-state index contributed by atoms with van der Waals surface area (Å²) in [6, 6.07) is 3.96. The van der Waals surface area contributed by atoms with Gasteiger partial charge in [-0.3, -0.25) is 4.79 Å². The number of hydrogen-bond donors (Lipinski definition) is 0. The highest BCUT2D eigenvalue weighted by atomic mass is 79.9. The van der Waals surface area contributed by atoms with Gasteiger partial charge in [-0.1, -0.05) is 0 Å². The lowest BCUT2D eigenvalue weighted by Gasteiger charge is -2.35. The molecule has 3 heterocycles. The molecular formula is C15H17BrN4O2S. The van der Waals surface area contributed by atoms with E-state index >= 15 is 0 Å². The fraction of sp³-hybridized carbons (Fsp3) is 0.400. The quantitative estimate of drug-likeness (QED) is 0.793. The molecule has 1 saturated heterocycles. The lowest BCUT2D eigenvalue weighted by atomic mass is 10.3. The van der Waals surface area contributed by atoms with Crippen LogP contribution in [0.5, 0.6) is 0 Å². The van der Waals surface area contributed by atoms with E-state index in [4.69, 9.17) is 4.74 Å². The molecule has 1 fully saturated rings. The standard InChI is InChI=1S/C15H17BrN4O2S/c1-22-9-14-18-12(10-23-14)15(21)20-6-4-19(5-7-20)13-3-2-11(16)8-17-13/h2-3,8,10H,4-7,9H2,1H3. The molecule has 0 spiro atoms. The summed E-state index contributed by atoms with van der Waals surface area (Å²) in [5, 5.41) is 2.63. The Labute approximate surface area is 147 Å². The first-order chi connectivity index (χ1) is 11.2. The van der Waals surface area contributed by atoms with Gasteiger partial charge in [-0.2, -0.15) is 0 Å². The Bertz CT molecular complexity index is 668. The van der Waals surface area contributed by atoms with E-state index in [0.29, 0.717) is 25.4 Å². The number of thiazole rings is 1. The number of piperazine rings is 1. The summed E-state index contributed by atoms with van der Waals surface area (Å²) >= 11 is 4.84. The van der Waals surface area contributed by atoms with Crippen molar-refractivity contribution in [3.8, 4) is 0 Å². The summed E-state index contributed by atoms with van der Waals surface area (Å²) in [6.07, 6.45) is 1.79. The van der Waals surface area contributed by atoms with Crippen LogP contribution in [0.1, 0.15) is 15.5 Å². The molecule has 0 unspecified atom stereocenters. The Kier molecular flexibility index (Phi) is 5.24. The Balaban J connectivity index is 1.59. The summed E-state index contributed by atoms with van der Waals surface area (Å²) < 4.78 is 6.01. The molecule has 0 N–H and O–H groups in total. The minimum absolute atomic E-state index is 0.00739. The Morgan fingerprint density at radius 3 is 2.78 bits per heavy atom. The number of halogens is 1. The second-order valence-electron chi connectivity index (χ2n) is 5.17. The molecule has 1 aliphatic rings. The van der Waals surface area contributed by atoms with Gasteiger partial charge in [0.25, 0.3) is 5.91 Å². The van der Waals surface area contributed by atoms with E-state index in [-0.39, 0.29) is 5.91 Å². The Hall–Kier alpha value is -1.51. The highest BCUT2D eigenvalue weighted by molar-refractivity contribution is 9.10. The van der Waals surface area contributed by atoms with Gasteiger partial charge in [0.2, 0.25) is 0 Å². The number of amides is 1. The van der Waals surface area contributed by atoms with Crippen molar-refractivity contribution in [3.63, 3.8) is 0 Å². The number of pyridine rings is 1. The van der Waals surface area contributed by atoms with Crippen LogP contribution >= 0.6 is 27.3 Å². The fourth-order valence-electron chi connectivity index (χ4n) is 2.45. The molecule has 6 nitrogen and oxygen atoms in total. The Morgan fingerprint density at radius 2 is 2.13 bits per heavy atom. The SMILES string of the molecule is COCc1nc(C(=O)N2CCN(c3ccc(Br)cn3)CC2)cs1. The molecule has 2 aromatic rings. The number of ether oxygens (including phenoxy) is 1. The predicted octanol–water partition coefficient (Wildman–Crippen LogP) is 2.41. The molecule has 3 rings (SSSR count). The second kappa shape index (κ2) is 7.37. The summed E-state index contributed by atoms with van der Waals surface area (Å²) in [5.41, 5.74) is 0.511. The predicted molar refractivity (Wildman–Crippen MR) is 92.9 cm³/mol. The topological polar surface area (TPSA) is 58.6 Å². The number of nitrogens with zero attached hydrogens (tertiary/aromatic N) is 4. The van der Waals surface area contributed by atoms with Crippen molar-refractivity contribution in [2.75, 3.05) is 38.2 Å². The molecule has 2 aromatic heterocycles. The van der Waals surface area contributed by atoms with Crippen LogP contribution in [0, 0.1) is 0 Å². The number of carbonyl (C=O) groups is 1. The van der Waals surface area contributed by atoms with Crippen LogP contribution < -0.4 is 4.90 Å². The van der Waals surface area contributed by atoms with Crippen molar-refractivity contribution in [3.05, 3.63) is 38.9 Å². The number of carbonyl (C=O) groups excluding carboxylic acids is 1. The van der Waals surface area contributed by atoms with Gasteiger partial charge in [-0.05, 0) is 28.1 Å². The smallest absolute Gasteiger partial charge is 0.273 e. The van der Waals surface area contributed by atoms with Crippen LogP contribution in [0.2, 0.25) is 0 Å². The zero-order valence-electron chi connectivity index (χ0n) is 12.7. The largest absolute Gasteiger partial charge is 0.378 e. The summed E-state index contributed by atoms with van der Waals surface area (Å²) in [6.45, 7) is 3.34. The molecule has 0 aromatic carbocycles. The van der Waals surface area contributed by atoms with Gasteiger partial charge in [-0.15, -0.1) is 11.3 Å². The summed E-state index contributed by atoms with van der Waals surface area (Å²) in [7, 11) is 1.62. The van der Waals surface area contributed by atoms with E-state index in [1.165, 1.54) is 11.3 Å². The number of anilines is 1. The normalized spacial score (nSPS) is 15.0. The molecule has 1 aliphatic heterocycles. The van der Waals surface area contributed by atoms with Crippen LogP contribution in [-0.4, -0.2) is 54.1 Å². The zero-order valence-corrected chi connectivity index (χ0v) is 15.1. The molecule has 8 heteroatoms. The maximum atomic E-state index is 12.5. The number of rotatable bonds is 4. The second-order valence-corrected chi connectivity index (χ2v) is 7.03. The average molecular weight is 397 g/mol. The third-order valence-electron chi connectivity index (χ3n) is 3.64. The number of aromatic nitrogens is 2. The molecule has 23 heavy (non-hydrogen) atoms.